The standard InChI is InChI=1S/C13H8Br2ClFN2O/c14-8-2-1-6(3-11(8)18)13(20)19-12-9(15)4-7(17)5-10(12)16/h1-5H,18H2,(H,19,20). The van der Waals surface area contributed by atoms with Crippen LogP contribution < -0.4 is 11.1 Å². The molecule has 0 radical (unpaired) electrons. The van der Waals surface area contributed by atoms with Crippen LogP contribution in [0.25, 0.3) is 0 Å². The highest BCUT2D eigenvalue weighted by molar-refractivity contribution is 9.11. The zero-order valence-electron chi connectivity index (χ0n) is 9.88. The van der Waals surface area contributed by atoms with Gasteiger partial charge in [-0.2, -0.15) is 0 Å². The smallest absolute Gasteiger partial charge is 0.255 e. The number of nitrogens with two attached hydrogens (primary N) is 1. The number of nitrogens with one attached hydrogen (secondary N) is 1. The molecule has 2 aromatic rings. The van der Waals surface area contributed by atoms with Gasteiger partial charge in [-0.05, 0) is 62.2 Å². The average Bonchev–Trinajstić information content (AvgIpc) is 2.36. The highest BCUT2D eigenvalue weighted by atomic mass is 79.9. The van der Waals surface area contributed by atoms with E-state index in [1.807, 2.05) is 0 Å². The van der Waals surface area contributed by atoms with Crippen molar-refractivity contribution >= 4 is 60.7 Å². The maximum atomic E-state index is 13.1. The second kappa shape index (κ2) is 6.11. The number of hydrogen-bond acceptors (Lipinski definition) is 2. The number of anilines is 2. The molecule has 0 spiro atoms. The molecule has 0 aliphatic heterocycles. The molecule has 7 heteroatoms. The Morgan fingerprint density at radius 2 is 1.90 bits per heavy atom. The number of amides is 1. The van der Waals surface area contributed by atoms with Gasteiger partial charge in [0.2, 0.25) is 0 Å². The third kappa shape index (κ3) is 3.31. The number of rotatable bonds is 2. The Morgan fingerprint density at radius 1 is 1.20 bits per heavy atom. The molecule has 104 valence electrons. The van der Waals surface area contributed by atoms with Gasteiger partial charge in [-0.25, -0.2) is 4.39 Å². The van der Waals surface area contributed by atoms with Crippen LogP contribution in [0.5, 0.6) is 0 Å². The fraction of sp³-hybridized carbons (Fsp3) is 0. The van der Waals surface area contributed by atoms with E-state index >= 15 is 0 Å². The second-order valence-corrected chi connectivity index (χ2v) is 6.05. The van der Waals surface area contributed by atoms with Gasteiger partial charge < -0.3 is 11.1 Å². The fourth-order valence-corrected chi connectivity index (χ4v) is 2.68. The van der Waals surface area contributed by atoms with Crippen LogP contribution in [0.2, 0.25) is 5.02 Å². The summed E-state index contributed by atoms with van der Waals surface area (Å²) in [5, 5.41) is 2.72. The lowest BCUT2D eigenvalue weighted by atomic mass is 10.2. The monoisotopic (exact) mass is 420 g/mol. The molecule has 0 heterocycles. The van der Waals surface area contributed by atoms with Crippen molar-refractivity contribution in [3.63, 3.8) is 0 Å². The third-order valence-corrected chi connectivity index (χ3v) is 4.15. The van der Waals surface area contributed by atoms with E-state index in [9.17, 15) is 9.18 Å². The third-order valence-electron chi connectivity index (χ3n) is 2.50. The minimum atomic E-state index is -0.493. The summed E-state index contributed by atoms with van der Waals surface area (Å²) in [6.45, 7) is 0. The molecule has 3 nitrogen and oxygen atoms in total. The average molecular weight is 422 g/mol. The van der Waals surface area contributed by atoms with Crippen LogP contribution in [-0.4, -0.2) is 5.91 Å². The Labute approximate surface area is 136 Å². The van der Waals surface area contributed by atoms with Crippen molar-refractivity contribution in [3.05, 3.63) is 55.7 Å². The van der Waals surface area contributed by atoms with E-state index in [-0.39, 0.29) is 5.02 Å². The van der Waals surface area contributed by atoms with E-state index in [1.165, 1.54) is 12.1 Å². The molecule has 0 saturated heterocycles. The van der Waals surface area contributed by atoms with Gasteiger partial charge in [-0.3, -0.25) is 4.79 Å². The van der Waals surface area contributed by atoms with E-state index in [0.29, 0.717) is 25.9 Å². The van der Waals surface area contributed by atoms with Crippen LogP contribution in [0.15, 0.2) is 39.3 Å². The molecule has 0 bridgehead atoms. The summed E-state index contributed by atoms with van der Waals surface area (Å²) >= 11 is 12.3. The van der Waals surface area contributed by atoms with Crippen molar-refractivity contribution in [2.75, 3.05) is 11.1 Å². The van der Waals surface area contributed by atoms with Crippen LogP contribution in [0.3, 0.4) is 0 Å². The Hall–Kier alpha value is -1.11. The van der Waals surface area contributed by atoms with Gasteiger partial charge in [-0.1, -0.05) is 11.6 Å². The number of halogens is 4. The van der Waals surface area contributed by atoms with Crippen LogP contribution >= 0.6 is 43.5 Å². The number of hydrogen-bond donors (Lipinski definition) is 2. The van der Waals surface area contributed by atoms with Crippen molar-refractivity contribution in [1.29, 1.82) is 0 Å². The molecule has 0 aliphatic carbocycles. The molecule has 1 amide bonds. The zero-order chi connectivity index (χ0) is 14.9. The van der Waals surface area contributed by atoms with Gasteiger partial charge >= 0.3 is 0 Å². The summed E-state index contributed by atoms with van der Waals surface area (Å²) in [4.78, 5) is 12.1. The van der Waals surface area contributed by atoms with Crippen LogP contribution in [0, 0.1) is 5.82 Å². The van der Waals surface area contributed by atoms with E-state index in [1.54, 1.807) is 12.1 Å². The molecule has 0 aliphatic rings. The van der Waals surface area contributed by atoms with Crippen LogP contribution in [0.4, 0.5) is 15.8 Å². The summed E-state index contributed by atoms with van der Waals surface area (Å²) in [5.41, 5.74) is 6.84. The molecule has 3 N–H and O–H groups in total. The van der Waals surface area contributed by atoms with E-state index < -0.39 is 11.7 Å². The first kappa shape index (κ1) is 15.3. The molecule has 0 fully saturated rings. The van der Waals surface area contributed by atoms with Crippen LogP contribution in [-0.2, 0) is 0 Å². The number of carbonyl (C=O) groups is 1. The number of benzene rings is 2. The summed E-state index contributed by atoms with van der Waals surface area (Å²) in [5.74, 6) is -0.883. The molecule has 2 rings (SSSR count). The topological polar surface area (TPSA) is 55.1 Å². The molecule has 0 atom stereocenters. The maximum absolute atomic E-state index is 13.1. The van der Waals surface area contributed by atoms with Gasteiger partial charge in [0.05, 0.1) is 10.7 Å². The van der Waals surface area contributed by atoms with Crippen molar-refractivity contribution in [2.24, 2.45) is 0 Å². The maximum Gasteiger partial charge on any atom is 0.255 e. The molecule has 20 heavy (non-hydrogen) atoms. The quantitative estimate of drug-likeness (QED) is 0.681. The van der Waals surface area contributed by atoms with Crippen LogP contribution in [0.1, 0.15) is 10.4 Å². The predicted octanol–water partition coefficient (Wildman–Crippen LogP) is 4.84. The molecule has 0 unspecified atom stereocenters. The minimum absolute atomic E-state index is 0.107. The lowest BCUT2D eigenvalue weighted by Crippen LogP contribution is -2.13. The summed E-state index contributed by atoms with van der Waals surface area (Å²) in [7, 11) is 0. The number of nitrogen functional groups attached to an aromatic ring is 1. The Bertz CT molecular complexity index is 671. The highest BCUT2D eigenvalue weighted by Gasteiger charge is 2.13. The molecule has 0 aromatic heterocycles. The minimum Gasteiger partial charge on any atom is -0.398 e. The predicted molar refractivity (Wildman–Crippen MR) is 85.6 cm³/mol. The molecule has 0 saturated carbocycles. The molecular weight excluding hydrogens is 414 g/mol. The first-order valence-corrected chi connectivity index (χ1v) is 7.36. The fourth-order valence-electron chi connectivity index (χ4n) is 1.53. The first-order valence-electron chi connectivity index (χ1n) is 5.39. The Kier molecular flexibility index (Phi) is 4.67. The molecule has 2 aromatic carbocycles. The van der Waals surface area contributed by atoms with E-state index in [0.717, 1.165) is 6.07 Å². The van der Waals surface area contributed by atoms with E-state index in [2.05, 4.69) is 37.2 Å². The number of carbonyl (C=O) groups excluding carboxylic acids is 1. The Balaban J connectivity index is 2.30. The van der Waals surface area contributed by atoms with Gasteiger partial charge in [0.1, 0.15) is 5.82 Å². The SMILES string of the molecule is Nc1cc(C(=O)Nc2c(Cl)cc(F)cc2Br)ccc1Br. The van der Waals surface area contributed by atoms with Gasteiger partial charge in [0.25, 0.3) is 5.91 Å². The van der Waals surface area contributed by atoms with Gasteiger partial charge in [0, 0.05) is 20.2 Å². The summed E-state index contributed by atoms with van der Waals surface area (Å²) in [6.07, 6.45) is 0. The van der Waals surface area contributed by atoms with Crippen molar-refractivity contribution in [3.8, 4) is 0 Å². The van der Waals surface area contributed by atoms with Gasteiger partial charge in [0.15, 0.2) is 0 Å². The van der Waals surface area contributed by atoms with Gasteiger partial charge in [-0.15, -0.1) is 0 Å². The zero-order valence-corrected chi connectivity index (χ0v) is 13.8. The normalized spacial score (nSPS) is 10.4. The first-order chi connectivity index (χ1) is 9.38. The van der Waals surface area contributed by atoms with E-state index in [4.69, 9.17) is 17.3 Å². The van der Waals surface area contributed by atoms with Crippen molar-refractivity contribution in [1.82, 2.24) is 0 Å². The Morgan fingerprint density at radius 3 is 2.50 bits per heavy atom. The largest absolute Gasteiger partial charge is 0.398 e. The van der Waals surface area contributed by atoms with Crippen molar-refractivity contribution < 1.29 is 9.18 Å². The van der Waals surface area contributed by atoms with Crippen molar-refractivity contribution in [2.45, 2.75) is 0 Å². The molecular formula is C13H8Br2ClFN2O. The summed E-state index contributed by atoms with van der Waals surface area (Å²) in [6, 6.07) is 7.16. The lowest BCUT2D eigenvalue weighted by molar-refractivity contribution is 0.102. The summed E-state index contributed by atoms with van der Waals surface area (Å²) < 4.78 is 14.2. The highest BCUT2D eigenvalue weighted by Crippen LogP contribution is 2.32. The lowest BCUT2D eigenvalue weighted by Gasteiger charge is -2.10. The second-order valence-electron chi connectivity index (χ2n) is 3.93.